The summed E-state index contributed by atoms with van der Waals surface area (Å²) in [6.07, 6.45) is 10.7. The van der Waals surface area contributed by atoms with Crippen molar-refractivity contribution in [3.8, 4) is 5.75 Å². The molecule has 5 rings (SSSR count). The van der Waals surface area contributed by atoms with Gasteiger partial charge in [-0.15, -0.1) is 0 Å². The Morgan fingerprint density at radius 1 is 1.17 bits per heavy atom. The predicted molar refractivity (Wildman–Crippen MR) is 176 cm³/mol. The fraction of sp³-hybridized carbons (Fsp3) is 0.571. The van der Waals surface area contributed by atoms with Gasteiger partial charge in [0.15, 0.2) is 0 Å². The zero-order chi connectivity index (χ0) is 29.9. The lowest BCUT2D eigenvalue weighted by molar-refractivity contribution is 0.00695. The Morgan fingerprint density at radius 2 is 1.95 bits per heavy atom. The maximum Gasteiger partial charge on any atom is 0.338 e. The number of carbonyl (C=O) groups excluding carboxylic acids is 1. The summed E-state index contributed by atoms with van der Waals surface area (Å²) in [5.41, 5.74) is 5.28. The van der Waals surface area contributed by atoms with Crippen LogP contribution < -0.4 is 14.8 Å². The predicted octanol–water partition coefficient (Wildman–Crippen LogP) is 8.59. The van der Waals surface area contributed by atoms with E-state index in [1.807, 2.05) is 45.0 Å². The summed E-state index contributed by atoms with van der Waals surface area (Å²) in [5.74, 6) is 3.85. The molecule has 2 aromatic rings. The fourth-order valence-corrected chi connectivity index (χ4v) is 7.37. The molecule has 0 bridgehead atoms. The van der Waals surface area contributed by atoms with Crippen LogP contribution in [0.3, 0.4) is 0 Å². The minimum atomic E-state index is -0.549. The molecular formula is C35H47ClN2O3S. The van der Waals surface area contributed by atoms with Crippen molar-refractivity contribution < 1.29 is 14.3 Å². The molecule has 42 heavy (non-hydrogen) atoms. The quantitative estimate of drug-likeness (QED) is 0.156. The molecule has 0 saturated heterocycles. The van der Waals surface area contributed by atoms with Crippen LogP contribution >= 0.6 is 23.5 Å². The van der Waals surface area contributed by atoms with Gasteiger partial charge in [0.1, 0.15) is 11.4 Å². The van der Waals surface area contributed by atoms with E-state index in [1.165, 1.54) is 55.2 Å². The number of halogens is 1. The number of aryl methyl sites for hydroxylation is 1. The summed E-state index contributed by atoms with van der Waals surface area (Å²) in [5, 5.41) is 6.42. The Hall–Kier alpha value is -2.15. The van der Waals surface area contributed by atoms with Crippen molar-refractivity contribution in [1.82, 2.24) is 0 Å². The topological polar surface area (TPSA) is 64.8 Å². The number of rotatable bonds is 11. The van der Waals surface area contributed by atoms with Crippen LogP contribution in [0.15, 0.2) is 48.0 Å². The molecule has 7 heteroatoms. The van der Waals surface area contributed by atoms with Gasteiger partial charge in [-0.05, 0) is 119 Å². The standard InChI is InChI=1S/C35H47ClN2O3S/c1-5-6-26-18-30(36)10-11-31(26)29-21-38(20-28-8-7-25(28)17-24-15-23(16-24)13-14-42-37)32-19-27(9-12-33(32)40-22-29)34(39)41-35(2,3)4/h9-12,15,18-19,23,25,28-29H,5-8,13-14,16-17,20-22,37H2,1-4H3. The molecule has 0 amide bonds. The third kappa shape index (κ3) is 7.67. The van der Waals surface area contributed by atoms with Crippen LogP contribution in [-0.2, 0) is 11.2 Å². The Balaban J connectivity index is 1.39. The molecule has 1 saturated carbocycles. The monoisotopic (exact) mass is 610 g/mol. The number of allylic oxidation sites excluding steroid dienone is 2. The molecule has 4 unspecified atom stereocenters. The molecule has 2 N–H and O–H groups in total. The van der Waals surface area contributed by atoms with Crippen molar-refractivity contribution in [2.75, 3.05) is 30.3 Å². The Bertz CT molecular complexity index is 1290. The number of fused-ring (bicyclic) bond motifs is 1. The number of esters is 1. The van der Waals surface area contributed by atoms with Gasteiger partial charge in [0, 0.05) is 29.8 Å². The van der Waals surface area contributed by atoms with Crippen LogP contribution in [0.5, 0.6) is 5.75 Å². The van der Waals surface area contributed by atoms with Gasteiger partial charge in [0.2, 0.25) is 0 Å². The number of hydrogen-bond acceptors (Lipinski definition) is 6. The Labute approximate surface area is 261 Å². The molecular weight excluding hydrogens is 564 g/mol. The second kappa shape index (κ2) is 13.7. The van der Waals surface area contributed by atoms with Crippen molar-refractivity contribution in [1.29, 1.82) is 0 Å². The number of nitrogens with zero attached hydrogens (tertiary/aromatic N) is 1. The molecule has 0 radical (unpaired) electrons. The average molecular weight is 611 g/mol. The van der Waals surface area contributed by atoms with Crippen LogP contribution in [-0.4, -0.2) is 37.0 Å². The zero-order valence-corrected chi connectivity index (χ0v) is 27.2. The number of benzene rings is 2. The molecule has 228 valence electrons. The van der Waals surface area contributed by atoms with Crippen molar-refractivity contribution >= 4 is 35.2 Å². The van der Waals surface area contributed by atoms with Crippen LogP contribution in [0.2, 0.25) is 5.02 Å². The first kappa shape index (κ1) is 31.3. The van der Waals surface area contributed by atoms with Gasteiger partial charge in [-0.2, -0.15) is 0 Å². The number of hydrogen-bond donors (Lipinski definition) is 1. The third-order valence-electron chi connectivity index (χ3n) is 9.04. The van der Waals surface area contributed by atoms with Gasteiger partial charge in [-0.3, -0.25) is 5.14 Å². The van der Waals surface area contributed by atoms with E-state index < -0.39 is 5.60 Å². The first-order valence-electron chi connectivity index (χ1n) is 15.7. The lowest BCUT2D eigenvalue weighted by atomic mass is 9.67. The molecule has 4 atom stereocenters. The van der Waals surface area contributed by atoms with Gasteiger partial charge in [0.25, 0.3) is 0 Å². The lowest BCUT2D eigenvalue weighted by Gasteiger charge is -2.43. The smallest absolute Gasteiger partial charge is 0.338 e. The first-order valence-corrected chi connectivity index (χ1v) is 17.1. The van der Waals surface area contributed by atoms with Crippen LogP contribution in [0.1, 0.15) is 93.6 Å². The summed E-state index contributed by atoms with van der Waals surface area (Å²) >= 11 is 7.88. The van der Waals surface area contributed by atoms with E-state index in [9.17, 15) is 4.79 Å². The van der Waals surface area contributed by atoms with E-state index in [4.69, 9.17) is 26.2 Å². The van der Waals surface area contributed by atoms with E-state index in [1.54, 1.807) is 5.57 Å². The van der Waals surface area contributed by atoms with Gasteiger partial charge < -0.3 is 14.4 Å². The number of anilines is 1. The van der Waals surface area contributed by atoms with E-state index in [0.717, 1.165) is 48.1 Å². The molecule has 1 heterocycles. The maximum absolute atomic E-state index is 13.1. The Kier molecular flexibility index (Phi) is 10.2. The fourth-order valence-electron chi connectivity index (χ4n) is 6.74. The highest BCUT2D eigenvalue weighted by Gasteiger charge is 2.36. The lowest BCUT2D eigenvalue weighted by Crippen LogP contribution is -2.40. The SMILES string of the molecule is CCCc1cc(Cl)ccc1C1COc2ccc(C(=O)OC(C)(C)C)cc2N(CC2CCC2CC2=CC(CCSN)C2)C1. The molecule has 1 fully saturated rings. The number of nitrogens with two attached hydrogens (primary N) is 1. The molecule has 3 aliphatic rings. The summed E-state index contributed by atoms with van der Waals surface area (Å²) in [7, 11) is 0. The third-order valence-corrected chi connectivity index (χ3v) is 9.74. The van der Waals surface area contributed by atoms with Gasteiger partial charge in [-0.25, -0.2) is 4.79 Å². The van der Waals surface area contributed by atoms with Crippen LogP contribution in [0.4, 0.5) is 5.69 Å². The van der Waals surface area contributed by atoms with E-state index in [0.29, 0.717) is 29.9 Å². The summed E-state index contributed by atoms with van der Waals surface area (Å²) in [4.78, 5) is 15.6. The van der Waals surface area contributed by atoms with Gasteiger partial charge in [-0.1, -0.05) is 54.6 Å². The van der Waals surface area contributed by atoms with Crippen molar-refractivity contribution in [3.63, 3.8) is 0 Å². The van der Waals surface area contributed by atoms with E-state index in [-0.39, 0.29) is 11.9 Å². The summed E-state index contributed by atoms with van der Waals surface area (Å²) in [6, 6.07) is 12.1. The summed E-state index contributed by atoms with van der Waals surface area (Å²) < 4.78 is 12.2. The van der Waals surface area contributed by atoms with Crippen LogP contribution in [0.25, 0.3) is 0 Å². The summed E-state index contributed by atoms with van der Waals surface area (Å²) in [6.45, 7) is 10.3. The van der Waals surface area contributed by atoms with E-state index in [2.05, 4.69) is 30.0 Å². The Morgan fingerprint density at radius 3 is 2.64 bits per heavy atom. The maximum atomic E-state index is 13.1. The average Bonchev–Trinajstić information content (AvgIpc) is 3.08. The second-order valence-corrected chi connectivity index (χ2v) is 14.6. The van der Waals surface area contributed by atoms with Gasteiger partial charge >= 0.3 is 5.97 Å². The van der Waals surface area contributed by atoms with Crippen molar-refractivity contribution in [2.24, 2.45) is 22.9 Å². The number of ether oxygens (including phenoxy) is 2. The molecule has 1 aliphatic heterocycles. The normalized spacial score (nSPS) is 23.6. The highest BCUT2D eigenvalue weighted by Crippen LogP contribution is 2.45. The molecule has 5 nitrogen and oxygen atoms in total. The molecule has 2 aromatic carbocycles. The van der Waals surface area contributed by atoms with Crippen LogP contribution in [0, 0.1) is 17.8 Å². The molecule has 0 spiro atoms. The molecule has 2 aliphatic carbocycles. The van der Waals surface area contributed by atoms with E-state index >= 15 is 0 Å². The highest BCUT2D eigenvalue weighted by atomic mass is 35.5. The van der Waals surface area contributed by atoms with Gasteiger partial charge in [0.05, 0.1) is 17.9 Å². The zero-order valence-electron chi connectivity index (χ0n) is 25.7. The largest absolute Gasteiger partial charge is 0.491 e. The minimum absolute atomic E-state index is 0.204. The molecule has 0 aromatic heterocycles. The number of carbonyl (C=O) groups is 1. The van der Waals surface area contributed by atoms with Crippen molar-refractivity contribution in [3.05, 3.63) is 69.8 Å². The second-order valence-electron chi connectivity index (χ2n) is 13.4. The van der Waals surface area contributed by atoms with Crippen molar-refractivity contribution in [2.45, 2.75) is 84.2 Å². The first-order chi connectivity index (χ1) is 20.1. The highest BCUT2D eigenvalue weighted by molar-refractivity contribution is 7.97. The minimum Gasteiger partial charge on any atom is -0.491 e.